The molecule has 0 spiro atoms. The van der Waals surface area contributed by atoms with Crippen LogP contribution in [0.1, 0.15) is 44.5 Å². The Bertz CT molecular complexity index is 4740. The van der Waals surface area contributed by atoms with Gasteiger partial charge in [-0.15, -0.1) is 0 Å². The van der Waals surface area contributed by atoms with E-state index in [4.69, 9.17) is 17.9 Å². The van der Waals surface area contributed by atoms with Crippen LogP contribution in [0, 0.1) is 55.4 Å². The van der Waals surface area contributed by atoms with Crippen LogP contribution in [0.5, 0.6) is 0 Å². The third kappa shape index (κ3) is 34.7. The maximum absolute atomic E-state index is 5.49. The molecule has 0 N–H and O–H groups in total. The van der Waals surface area contributed by atoms with Gasteiger partial charge in [0.15, 0.2) is 0 Å². The Kier molecular flexibility index (Phi) is 45.3. The van der Waals surface area contributed by atoms with Crippen molar-refractivity contribution in [3.05, 3.63) is 384 Å². The topological polar surface area (TPSA) is 0 Å². The van der Waals surface area contributed by atoms with Gasteiger partial charge in [0.2, 0.25) is 0 Å². The van der Waals surface area contributed by atoms with Crippen LogP contribution in [0.25, 0.3) is 66.8 Å². The zero-order valence-electron chi connectivity index (χ0n) is 70.0. The predicted molar refractivity (Wildman–Crippen MR) is 564 cm³/mol. The van der Waals surface area contributed by atoms with Gasteiger partial charge in [0, 0.05) is 0 Å². The van der Waals surface area contributed by atoms with E-state index in [1.807, 2.05) is 9.94 Å². The molecular weight excluding hydrogens is 2730 g/mol. The van der Waals surface area contributed by atoms with Gasteiger partial charge in [-0.3, -0.25) is 0 Å². The molecule has 0 saturated heterocycles. The summed E-state index contributed by atoms with van der Waals surface area (Å²) < 4.78 is 11.7. The average molecular weight is 2840 g/mol. The molecule has 0 atom stereocenters. The van der Waals surface area contributed by atoms with Gasteiger partial charge in [-0.25, -0.2) is 0 Å². The molecule has 0 amide bonds. The Hall–Kier alpha value is -1.60. The molecule has 0 heterocycles. The minimum atomic E-state index is -3.92. The van der Waals surface area contributed by atoms with Gasteiger partial charge in [0.1, 0.15) is 0 Å². The third-order valence-electron chi connectivity index (χ3n) is 17.7. The van der Waals surface area contributed by atoms with Crippen molar-refractivity contribution in [1.82, 2.24) is 0 Å². The van der Waals surface area contributed by atoms with E-state index in [-0.39, 0.29) is 41.8 Å². The molecule has 0 aliphatic rings. The Balaban J connectivity index is 0.000000243. The summed E-state index contributed by atoms with van der Waals surface area (Å²) in [5.74, 6) is 0. The summed E-state index contributed by atoms with van der Waals surface area (Å²) in [6.45, 7) is 17.7. The van der Waals surface area contributed by atoms with Crippen LogP contribution >= 0.6 is 80.8 Å². The molecule has 14 rings (SSSR count). The van der Waals surface area contributed by atoms with Crippen molar-refractivity contribution in [3.63, 3.8) is 0 Å². The molecule has 14 aromatic carbocycles. The van der Waals surface area contributed by atoms with Crippen LogP contribution in [0.15, 0.2) is 340 Å². The van der Waals surface area contributed by atoms with E-state index in [9.17, 15) is 0 Å². The van der Waals surface area contributed by atoms with E-state index in [1.165, 1.54) is 140 Å². The Morgan fingerprint density at radius 1 is 0.276 bits per heavy atom. The Labute approximate surface area is 794 Å². The van der Waals surface area contributed by atoms with Crippen LogP contribution in [0.3, 0.4) is 0 Å². The minimum absolute atomic E-state index is 0.183. The van der Waals surface area contributed by atoms with Crippen molar-refractivity contribution in [2.24, 2.45) is 0 Å². The standard InChI is InChI=1S/C52H44Te.C26H22Te.C14H14Te.C2H6Br2Te.C2H6Cl2Te.C2H6I2Te.C2H8Te.C2H6Te/c1-37-25-29-45(33-49(37)41-17-9-5-10-18-41)53(46-30-26-38(2)50(34-46)42-19-11-6-12-20-42,47-31-27-39(3)51(35-47)43-21-13-7-14-22-43)48-32-28-40(4)52(36-48)44-23-15-8-16-24-44;1-19-13-15-23(17-25(19)21-9-5-3-6-10-21)27-24-16-14-20(2)26(18-24)22-11-7-4-8-12-22;1-11-3-7-13(8-4-11)15-14-9-5-12(2)6-10-14;3*1-5(2,3)4;2*1-3-2/h5-36H,1-4H3;3-18H,1-2H3;3-10H,1-2H3;3*1-2H3;3H2,1-2H3;1-2H3. The van der Waals surface area contributed by atoms with Crippen LogP contribution < -0.4 is 28.9 Å². The number of aryl methyl sites for hydroxylation is 8. The van der Waals surface area contributed by atoms with E-state index >= 15 is 0 Å². The third-order valence-corrected chi connectivity index (χ3v) is 34.4. The van der Waals surface area contributed by atoms with Gasteiger partial charge < -0.3 is 0 Å². The maximum atomic E-state index is 5.49. The predicted octanol–water partition coefficient (Wildman–Crippen LogP) is 26.5. The second-order valence-corrected chi connectivity index (χ2v) is 148. The van der Waals surface area contributed by atoms with Gasteiger partial charge in [0.25, 0.3) is 0 Å². The fraction of sp³-hybridized carbons (Fsp3) is 0.176. The van der Waals surface area contributed by atoms with Crippen molar-refractivity contribution < 1.29 is 0 Å². The molecule has 0 nitrogen and oxygen atoms in total. The molecule has 14 heteroatoms. The number of halogens is 6. The first-order chi connectivity index (χ1) is 55.2. The quantitative estimate of drug-likeness (QED) is 0.0752. The van der Waals surface area contributed by atoms with Crippen molar-refractivity contribution in [2.75, 3.05) is 0 Å². The molecule has 116 heavy (non-hydrogen) atoms. The monoisotopic (exact) mass is 2860 g/mol. The number of hydrogen-bond donors (Lipinski definition) is 0. The van der Waals surface area contributed by atoms with Crippen LogP contribution in [-0.2, 0) is 0 Å². The summed E-state index contributed by atoms with van der Waals surface area (Å²) in [5, 5.41) is 0. The summed E-state index contributed by atoms with van der Waals surface area (Å²) in [6, 6.07) is 126. The van der Waals surface area contributed by atoms with Gasteiger partial charge >= 0.3 is 808 Å². The fourth-order valence-corrected chi connectivity index (χ4v) is 28.4. The number of rotatable bonds is 14. The van der Waals surface area contributed by atoms with Crippen molar-refractivity contribution in [3.8, 4) is 66.8 Å². The van der Waals surface area contributed by atoms with Crippen LogP contribution in [-0.4, -0.2) is 142 Å². The van der Waals surface area contributed by atoms with E-state index < -0.39 is 79.1 Å². The molecule has 0 aliphatic carbocycles. The van der Waals surface area contributed by atoms with Gasteiger partial charge in [-0.2, -0.15) is 0 Å². The second kappa shape index (κ2) is 51.7. The Morgan fingerprint density at radius 3 is 0.621 bits per heavy atom. The fourth-order valence-electron chi connectivity index (χ4n) is 12.4. The molecule has 0 fully saturated rings. The van der Waals surface area contributed by atoms with Gasteiger partial charge in [0.05, 0.1) is 0 Å². The van der Waals surface area contributed by atoms with E-state index in [0.717, 1.165) is 0 Å². The van der Waals surface area contributed by atoms with Crippen LogP contribution in [0.4, 0.5) is 0 Å². The molecule has 0 unspecified atom stereocenters. The molecule has 0 saturated carbocycles. The van der Waals surface area contributed by atoms with Crippen molar-refractivity contribution >= 4 is 252 Å². The molecule has 0 aliphatic heterocycles. The normalized spacial score (nSPS) is 11.5. The van der Waals surface area contributed by atoms with E-state index in [1.54, 1.807) is 0 Å². The summed E-state index contributed by atoms with van der Waals surface area (Å²) in [5.41, 5.74) is 26.0. The first-order valence-corrected chi connectivity index (χ1v) is 101. The Morgan fingerprint density at radius 2 is 0.431 bits per heavy atom. The van der Waals surface area contributed by atoms with Crippen molar-refractivity contribution in [2.45, 2.75) is 105 Å². The molecule has 0 bridgehead atoms. The molecular formula is C102H112Br2Cl2I2Te8. The zero-order valence-corrected chi connectivity index (χ0v) is 98.1. The first kappa shape index (κ1) is 101. The SMILES string of the molecule is C[TeH2]C.C[Te](C)(Br)Br.C[Te](C)(Cl)Cl.C[Te](C)(I)I.C[Te]C.Cc1ccc([Te](c2ccc(C)c(-c3ccccc3)c2)(c2ccc(C)c(-c3ccccc3)c2)c2ccc(C)c(-c3ccccc3)c2)cc1-c1ccccc1.Cc1ccc([Te]c2ccc(C)c(-c3ccccc3)c2)cc1-c1ccccc1.Cc1ccc([Te]c2ccc(C)cc2)cc1. The van der Waals surface area contributed by atoms with Gasteiger partial charge in [-0.05, 0) is 0 Å². The summed E-state index contributed by atoms with van der Waals surface area (Å²) >= 11 is 4.77. The van der Waals surface area contributed by atoms with Crippen LogP contribution in [0.2, 0.25) is 49.7 Å². The summed E-state index contributed by atoms with van der Waals surface area (Å²) in [7, 11) is 9.89. The number of hydrogen-bond acceptors (Lipinski definition) is 0. The molecule has 610 valence electrons. The molecule has 0 aromatic heterocycles. The first-order valence-electron chi connectivity index (χ1n) is 37.9. The molecule has 14 aromatic rings. The number of benzene rings is 14. The van der Waals surface area contributed by atoms with Gasteiger partial charge in [-0.1, -0.05) is 0 Å². The van der Waals surface area contributed by atoms with E-state index in [0.29, 0.717) is 20.9 Å². The zero-order chi connectivity index (χ0) is 84.6. The van der Waals surface area contributed by atoms with E-state index in [2.05, 4.69) is 498 Å². The summed E-state index contributed by atoms with van der Waals surface area (Å²) in [4.78, 5) is 22.0. The molecule has 0 radical (unpaired) electrons. The second-order valence-electron chi connectivity index (χ2n) is 28.7. The average Bonchev–Trinajstić information content (AvgIpc) is 0.717. The summed E-state index contributed by atoms with van der Waals surface area (Å²) in [6.07, 6.45) is 0. The van der Waals surface area contributed by atoms with Crippen molar-refractivity contribution in [1.29, 1.82) is 0 Å².